The molecule has 0 bridgehead atoms. The molecule has 120 valence electrons. The van der Waals surface area contributed by atoms with Gasteiger partial charge in [-0.15, -0.1) is 0 Å². The van der Waals surface area contributed by atoms with Crippen molar-refractivity contribution in [1.82, 2.24) is 4.57 Å². The summed E-state index contributed by atoms with van der Waals surface area (Å²) >= 11 is 0. The van der Waals surface area contributed by atoms with Gasteiger partial charge >= 0.3 is 5.97 Å². The lowest BCUT2D eigenvalue weighted by atomic mass is 9.95. The molecule has 1 aliphatic heterocycles. The van der Waals surface area contributed by atoms with Gasteiger partial charge in [0.25, 0.3) is 0 Å². The molecule has 0 fully saturated rings. The molecule has 2 heterocycles. The molecule has 0 amide bonds. The van der Waals surface area contributed by atoms with Crippen LogP contribution in [0.4, 0.5) is 4.39 Å². The van der Waals surface area contributed by atoms with Crippen LogP contribution < -0.4 is 5.43 Å². The van der Waals surface area contributed by atoms with Gasteiger partial charge in [0.1, 0.15) is 11.4 Å². The fourth-order valence-corrected chi connectivity index (χ4v) is 3.52. The lowest BCUT2D eigenvalue weighted by molar-refractivity contribution is 0.0695. The van der Waals surface area contributed by atoms with Gasteiger partial charge < -0.3 is 9.67 Å². The van der Waals surface area contributed by atoms with Crippen LogP contribution in [0.15, 0.2) is 47.4 Å². The molecule has 0 saturated carbocycles. The van der Waals surface area contributed by atoms with Gasteiger partial charge in [-0.05, 0) is 48.2 Å². The van der Waals surface area contributed by atoms with E-state index < -0.39 is 11.4 Å². The van der Waals surface area contributed by atoms with Crippen molar-refractivity contribution >= 4 is 16.9 Å². The van der Waals surface area contributed by atoms with Gasteiger partial charge in [0.2, 0.25) is 5.43 Å². The summed E-state index contributed by atoms with van der Waals surface area (Å²) in [4.78, 5) is 23.8. The van der Waals surface area contributed by atoms with Crippen molar-refractivity contribution in [2.24, 2.45) is 0 Å². The molecule has 0 radical (unpaired) electrons. The highest BCUT2D eigenvalue weighted by atomic mass is 19.1. The number of hydrogen-bond donors (Lipinski definition) is 1. The Hall–Kier alpha value is -2.95. The predicted octanol–water partition coefficient (Wildman–Crippen LogP) is 3.62. The van der Waals surface area contributed by atoms with Crippen molar-refractivity contribution < 1.29 is 14.3 Å². The zero-order valence-electron chi connectivity index (χ0n) is 12.9. The third kappa shape index (κ3) is 1.98. The molecule has 4 nitrogen and oxygen atoms in total. The first-order valence-corrected chi connectivity index (χ1v) is 7.67. The van der Waals surface area contributed by atoms with Gasteiger partial charge in [0.05, 0.1) is 5.52 Å². The van der Waals surface area contributed by atoms with E-state index in [1.165, 1.54) is 18.3 Å². The number of aromatic nitrogens is 1. The number of rotatable bonds is 2. The number of benzene rings is 2. The number of hydrogen-bond acceptors (Lipinski definition) is 2. The van der Waals surface area contributed by atoms with Gasteiger partial charge in [-0.2, -0.15) is 0 Å². The average molecular weight is 323 g/mol. The van der Waals surface area contributed by atoms with E-state index in [4.69, 9.17) is 0 Å². The largest absolute Gasteiger partial charge is 0.477 e. The molecule has 0 spiro atoms. The minimum Gasteiger partial charge on any atom is -0.477 e. The van der Waals surface area contributed by atoms with Crippen LogP contribution in [-0.2, 0) is 6.42 Å². The first-order chi connectivity index (χ1) is 11.5. The minimum absolute atomic E-state index is 0.0581. The first kappa shape index (κ1) is 14.6. The predicted molar refractivity (Wildman–Crippen MR) is 89.0 cm³/mol. The van der Waals surface area contributed by atoms with Crippen molar-refractivity contribution in [3.05, 3.63) is 69.8 Å². The summed E-state index contributed by atoms with van der Waals surface area (Å²) in [5, 5.41) is 9.67. The van der Waals surface area contributed by atoms with Gasteiger partial charge in [0, 0.05) is 17.6 Å². The molecule has 1 N–H and O–H groups in total. The Morgan fingerprint density at radius 1 is 1.21 bits per heavy atom. The number of carboxylic acid groups (broad SMARTS) is 1. The zero-order chi connectivity index (χ0) is 17.0. The highest BCUT2D eigenvalue weighted by Crippen LogP contribution is 2.38. The van der Waals surface area contributed by atoms with Crippen molar-refractivity contribution in [3.8, 4) is 11.1 Å². The van der Waals surface area contributed by atoms with E-state index in [9.17, 15) is 19.1 Å². The van der Waals surface area contributed by atoms with Crippen LogP contribution in [0.2, 0.25) is 0 Å². The van der Waals surface area contributed by atoms with Crippen LogP contribution in [0.5, 0.6) is 0 Å². The Bertz CT molecular complexity index is 1050. The van der Waals surface area contributed by atoms with Gasteiger partial charge in [0.15, 0.2) is 0 Å². The van der Waals surface area contributed by atoms with E-state index in [-0.39, 0.29) is 17.4 Å². The lowest BCUT2D eigenvalue weighted by Crippen LogP contribution is -2.18. The Balaban J connectivity index is 2.06. The number of aromatic carboxylic acids is 1. The van der Waals surface area contributed by atoms with E-state index in [2.05, 4.69) is 0 Å². The summed E-state index contributed by atoms with van der Waals surface area (Å²) in [7, 11) is 0. The zero-order valence-corrected chi connectivity index (χ0v) is 12.9. The summed E-state index contributed by atoms with van der Waals surface area (Å²) in [6.45, 7) is 1.99. The van der Waals surface area contributed by atoms with Crippen LogP contribution in [0.1, 0.15) is 28.9 Å². The summed E-state index contributed by atoms with van der Waals surface area (Å²) in [6.07, 6.45) is 2.13. The normalized spacial score (nSPS) is 15.8. The number of pyridine rings is 1. The smallest absolute Gasteiger partial charge is 0.341 e. The van der Waals surface area contributed by atoms with Crippen LogP contribution in [0.25, 0.3) is 22.0 Å². The third-order valence-corrected chi connectivity index (χ3v) is 4.66. The molecule has 5 heteroatoms. The Labute approximate surface area is 136 Å². The molecule has 4 rings (SSSR count). The monoisotopic (exact) mass is 323 g/mol. The van der Waals surface area contributed by atoms with Crippen molar-refractivity contribution in [3.63, 3.8) is 0 Å². The van der Waals surface area contributed by atoms with Crippen LogP contribution >= 0.6 is 0 Å². The third-order valence-electron chi connectivity index (χ3n) is 4.66. The summed E-state index contributed by atoms with van der Waals surface area (Å²) in [5.41, 5.74) is 2.93. The topological polar surface area (TPSA) is 59.3 Å². The van der Waals surface area contributed by atoms with E-state index in [1.807, 2.05) is 17.6 Å². The van der Waals surface area contributed by atoms with Crippen molar-refractivity contribution in [2.45, 2.75) is 19.4 Å². The SMILES string of the molecule is CC1Cc2c(-c3ccc(F)cc3)ccc3c(=O)c(C(=O)O)cn1c23. The highest BCUT2D eigenvalue weighted by Gasteiger charge is 2.26. The second kappa shape index (κ2) is 5.03. The van der Waals surface area contributed by atoms with Crippen LogP contribution in [0, 0.1) is 5.82 Å². The molecule has 1 aliphatic rings. The molecule has 2 aromatic carbocycles. The molecular weight excluding hydrogens is 309 g/mol. The second-order valence-electron chi connectivity index (χ2n) is 6.13. The molecular formula is C19H14FNO3. The summed E-state index contributed by atoms with van der Waals surface area (Å²) in [5.74, 6) is -1.51. The average Bonchev–Trinajstić information content (AvgIpc) is 2.88. The Kier molecular flexibility index (Phi) is 3.06. The number of halogens is 1. The fraction of sp³-hybridized carbons (Fsp3) is 0.158. The molecule has 1 aromatic heterocycles. The number of carboxylic acids is 1. The molecule has 3 aromatic rings. The van der Waals surface area contributed by atoms with Gasteiger partial charge in [-0.3, -0.25) is 4.79 Å². The Morgan fingerprint density at radius 2 is 1.92 bits per heavy atom. The number of nitrogens with zero attached hydrogens (tertiary/aromatic N) is 1. The van der Waals surface area contributed by atoms with E-state index >= 15 is 0 Å². The summed E-state index contributed by atoms with van der Waals surface area (Å²) in [6, 6.07) is 9.79. The molecule has 1 atom stereocenters. The summed E-state index contributed by atoms with van der Waals surface area (Å²) < 4.78 is 15.0. The maximum Gasteiger partial charge on any atom is 0.341 e. The standard InChI is InChI=1S/C19H14FNO3/c1-10-8-15-13(11-2-4-12(20)5-3-11)6-7-14-17(15)21(10)9-16(18(14)22)19(23)24/h2-7,9-10H,8H2,1H3,(H,23,24). The quantitative estimate of drug-likeness (QED) is 0.783. The van der Waals surface area contributed by atoms with Crippen LogP contribution in [0.3, 0.4) is 0 Å². The lowest BCUT2D eigenvalue weighted by Gasteiger charge is -2.11. The minimum atomic E-state index is -1.21. The van der Waals surface area contributed by atoms with E-state index in [0.717, 1.165) is 22.2 Å². The second-order valence-corrected chi connectivity index (χ2v) is 6.13. The molecule has 0 saturated heterocycles. The first-order valence-electron chi connectivity index (χ1n) is 7.67. The molecule has 0 aliphatic carbocycles. The Morgan fingerprint density at radius 3 is 2.58 bits per heavy atom. The highest BCUT2D eigenvalue weighted by molar-refractivity contribution is 5.96. The molecule has 24 heavy (non-hydrogen) atoms. The van der Waals surface area contributed by atoms with Gasteiger partial charge in [-0.25, -0.2) is 9.18 Å². The van der Waals surface area contributed by atoms with Crippen LogP contribution in [-0.4, -0.2) is 15.6 Å². The van der Waals surface area contributed by atoms with E-state index in [0.29, 0.717) is 11.8 Å². The fourth-order valence-electron chi connectivity index (χ4n) is 3.52. The molecule has 1 unspecified atom stereocenters. The maximum atomic E-state index is 13.2. The maximum absolute atomic E-state index is 13.2. The van der Waals surface area contributed by atoms with Gasteiger partial charge in [-0.1, -0.05) is 18.2 Å². The van der Waals surface area contributed by atoms with E-state index in [1.54, 1.807) is 18.2 Å². The number of carbonyl (C=O) groups is 1. The van der Waals surface area contributed by atoms with Crippen molar-refractivity contribution in [2.75, 3.05) is 0 Å². The van der Waals surface area contributed by atoms with Crippen molar-refractivity contribution in [1.29, 1.82) is 0 Å².